The fourth-order valence-electron chi connectivity index (χ4n) is 2.19. The van der Waals surface area contributed by atoms with Crippen LogP contribution in [0.1, 0.15) is 0 Å². The van der Waals surface area contributed by atoms with Gasteiger partial charge < -0.3 is 5.32 Å². The second-order valence-electron chi connectivity index (χ2n) is 4.47. The zero-order chi connectivity index (χ0) is 14.9. The van der Waals surface area contributed by atoms with Crippen LogP contribution in [0, 0.1) is 0 Å². The zero-order valence-corrected chi connectivity index (χ0v) is 12.6. The Balaban J connectivity index is 2.15. The highest BCUT2D eigenvalue weighted by atomic mass is 32.2. The minimum atomic E-state index is -3.58. The molecule has 1 heterocycles. The van der Waals surface area contributed by atoms with Gasteiger partial charge in [0.05, 0.1) is 15.9 Å². The smallest absolute Gasteiger partial charge is 0.268 e. The third kappa shape index (κ3) is 2.43. The van der Waals surface area contributed by atoms with Crippen LogP contribution in [0.2, 0.25) is 0 Å². The van der Waals surface area contributed by atoms with Crippen molar-refractivity contribution in [1.29, 1.82) is 0 Å². The third-order valence-electron chi connectivity index (χ3n) is 3.18. The lowest BCUT2D eigenvalue weighted by molar-refractivity contribution is 0.589. The van der Waals surface area contributed by atoms with Gasteiger partial charge in [-0.1, -0.05) is 30.4 Å². The molecule has 0 amide bonds. The van der Waals surface area contributed by atoms with Gasteiger partial charge in [-0.25, -0.2) is 12.4 Å². The van der Waals surface area contributed by atoms with Gasteiger partial charge in [0.25, 0.3) is 10.0 Å². The number of hydrogen-bond donors (Lipinski definition) is 1. The maximum absolute atomic E-state index is 12.6. The van der Waals surface area contributed by atoms with Crippen LogP contribution in [0.15, 0.2) is 65.7 Å². The summed E-state index contributed by atoms with van der Waals surface area (Å²) in [5.41, 5.74) is 2.87. The summed E-state index contributed by atoms with van der Waals surface area (Å²) >= 11 is 4.75. The molecule has 3 aromatic rings. The van der Waals surface area contributed by atoms with Gasteiger partial charge in [0, 0.05) is 17.3 Å². The molecule has 0 aliphatic heterocycles. The molecular weight excluding hydrogens is 304 g/mol. The molecule has 0 bridgehead atoms. The minimum Gasteiger partial charge on any atom is -0.353 e. The van der Waals surface area contributed by atoms with Crippen molar-refractivity contribution in [2.45, 2.75) is 4.90 Å². The Bertz CT molecular complexity index is 900. The Kier molecular flexibility index (Phi) is 3.48. The van der Waals surface area contributed by atoms with Gasteiger partial charge in [-0.15, -0.1) is 0 Å². The van der Waals surface area contributed by atoms with Crippen molar-refractivity contribution in [3.8, 4) is 0 Å². The van der Waals surface area contributed by atoms with E-state index >= 15 is 0 Å². The van der Waals surface area contributed by atoms with Crippen molar-refractivity contribution in [3.05, 3.63) is 60.8 Å². The summed E-state index contributed by atoms with van der Waals surface area (Å²) in [6.45, 7) is 0. The molecule has 106 valence electrons. The first kappa shape index (κ1) is 13.8. The van der Waals surface area contributed by atoms with Crippen LogP contribution in [0.3, 0.4) is 0 Å². The Labute approximate surface area is 128 Å². The normalized spacial score (nSPS) is 11.4. The molecule has 1 aromatic heterocycles. The predicted octanol–water partition coefficient (Wildman–Crippen LogP) is 3.25. The molecule has 0 atom stereocenters. The average molecular weight is 316 g/mol. The highest BCUT2D eigenvalue weighted by Crippen LogP contribution is 2.24. The largest absolute Gasteiger partial charge is 0.353 e. The maximum atomic E-state index is 12.6. The van der Waals surface area contributed by atoms with Crippen LogP contribution in [0.4, 0.5) is 5.69 Å². The van der Waals surface area contributed by atoms with Crippen molar-refractivity contribution in [2.24, 2.45) is 0 Å². The predicted molar refractivity (Wildman–Crippen MR) is 88.2 cm³/mol. The fraction of sp³-hybridized carbons (Fsp3) is 0. The van der Waals surface area contributed by atoms with Gasteiger partial charge in [0.2, 0.25) is 0 Å². The van der Waals surface area contributed by atoms with Crippen molar-refractivity contribution in [3.63, 3.8) is 0 Å². The molecule has 6 heteroatoms. The van der Waals surface area contributed by atoms with Crippen LogP contribution in [0.5, 0.6) is 0 Å². The Hall–Kier alpha value is -2.18. The van der Waals surface area contributed by atoms with Gasteiger partial charge in [0.15, 0.2) is 0 Å². The van der Waals surface area contributed by atoms with E-state index in [0.29, 0.717) is 5.52 Å². The van der Waals surface area contributed by atoms with Gasteiger partial charge in [-0.2, -0.15) is 0 Å². The van der Waals surface area contributed by atoms with E-state index in [0.717, 1.165) is 11.1 Å². The Morgan fingerprint density at radius 2 is 1.81 bits per heavy atom. The van der Waals surface area contributed by atoms with Gasteiger partial charge in [-0.3, -0.25) is 0 Å². The van der Waals surface area contributed by atoms with E-state index in [-0.39, 0.29) is 4.90 Å². The molecule has 21 heavy (non-hydrogen) atoms. The van der Waals surface area contributed by atoms with E-state index < -0.39 is 10.0 Å². The molecule has 3 rings (SSSR count). The number of benzene rings is 2. The number of hydrogen-bond acceptors (Lipinski definition) is 3. The SMILES string of the molecule is O=S(=O)(c1ccccc1)n1ccc2cc(NC=S)ccc21. The van der Waals surface area contributed by atoms with Crippen LogP contribution in [-0.4, -0.2) is 17.9 Å². The molecule has 1 N–H and O–H groups in total. The Morgan fingerprint density at radius 3 is 2.52 bits per heavy atom. The van der Waals surface area contributed by atoms with Crippen LogP contribution in [-0.2, 0) is 10.0 Å². The monoisotopic (exact) mass is 316 g/mol. The number of anilines is 1. The number of rotatable bonds is 4. The highest BCUT2D eigenvalue weighted by Gasteiger charge is 2.18. The second-order valence-corrected chi connectivity index (χ2v) is 6.52. The Morgan fingerprint density at radius 1 is 1.05 bits per heavy atom. The third-order valence-corrected chi connectivity index (χ3v) is 5.00. The van der Waals surface area contributed by atoms with Gasteiger partial charge in [0.1, 0.15) is 0 Å². The maximum Gasteiger partial charge on any atom is 0.268 e. The summed E-state index contributed by atoms with van der Waals surface area (Å²) in [6, 6.07) is 15.6. The molecule has 2 aromatic carbocycles. The first-order valence-corrected chi connectivity index (χ1v) is 8.16. The molecule has 0 radical (unpaired) electrons. The lowest BCUT2D eigenvalue weighted by Crippen LogP contribution is -2.11. The second kappa shape index (κ2) is 5.31. The number of aromatic nitrogens is 1. The zero-order valence-electron chi connectivity index (χ0n) is 10.9. The summed E-state index contributed by atoms with van der Waals surface area (Å²) in [7, 11) is -3.58. The van der Waals surface area contributed by atoms with Crippen molar-refractivity contribution in [2.75, 3.05) is 5.32 Å². The molecule has 0 saturated carbocycles. The average Bonchev–Trinajstić information content (AvgIpc) is 2.92. The number of fused-ring (bicyclic) bond motifs is 1. The van der Waals surface area contributed by atoms with Crippen LogP contribution < -0.4 is 5.32 Å². The molecular formula is C15H12N2O2S2. The summed E-state index contributed by atoms with van der Waals surface area (Å²) in [5.74, 6) is 0. The van der Waals surface area contributed by atoms with Gasteiger partial charge in [-0.05, 0) is 36.4 Å². The van der Waals surface area contributed by atoms with E-state index in [4.69, 9.17) is 12.2 Å². The van der Waals surface area contributed by atoms with Crippen molar-refractivity contribution < 1.29 is 8.42 Å². The van der Waals surface area contributed by atoms with Crippen LogP contribution >= 0.6 is 12.2 Å². The lowest BCUT2D eigenvalue weighted by Gasteiger charge is -2.08. The molecule has 0 spiro atoms. The molecule has 0 aliphatic rings. The lowest BCUT2D eigenvalue weighted by atomic mass is 10.2. The number of nitrogens with one attached hydrogen (secondary N) is 1. The summed E-state index contributed by atoms with van der Waals surface area (Å²) in [4.78, 5) is 0.267. The standard InChI is InChI=1S/C15H12N2O2S2/c18-21(19,14-4-2-1-3-5-14)17-9-8-12-10-13(16-11-20)6-7-15(12)17/h1-11H,(H,16,20). The summed E-state index contributed by atoms with van der Waals surface area (Å²) in [6.07, 6.45) is 1.56. The van der Waals surface area contributed by atoms with E-state index in [2.05, 4.69) is 5.32 Å². The first-order chi connectivity index (χ1) is 10.1. The number of nitrogens with zero attached hydrogens (tertiary/aromatic N) is 1. The minimum absolute atomic E-state index is 0.267. The van der Waals surface area contributed by atoms with E-state index in [1.807, 2.05) is 6.07 Å². The van der Waals surface area contributed by atoms with Gasteiger partial charge >= 0.3 is 0 Å². The first-order valence-electron chi connectivity index (χ1n) is 6.25. The number of thiocarbonyl (C=S) groups is 1. The van der Waals surface area contributed by atoms with E-state index in [9.17, 15) is 8.42 Å². The summed E-state index contributed by atoms with van der Waals surface area (Å²) < 4.78 is 26.6. The molecule has 0 saturated heterocycles. The van der Waals surface area contributed by atoms with Crippen LogP contribution in [0.25, 0.3) is 10.9 Å². The summed E-state index contributed by atoms with van der Waals surface area (Å²) in [5, 5.41) is 3.74. The molecule has 4 nitrogen and oxygen atoms in total. The van der Waals surface area contributed by atoms with E-state index in [1.165, 1.54) is 9.46 Å². The fourth-order valence-corrected chi connectivity index (χ4v) is 3.70. The van der Waals surface area contributed by atoms with E-state index in [1.54, 1.807) is 54.7 Å². The molecule has 0 aliphatic carbocycles. The molecule has 0 fully saturated rings. The van der Waals surface area contributed by atoms with Crippen molar-refractivity contribution >= 4 is 44.3 Å². The molecule has 0 unspecified atom stereocenters. The quantitative estimate of drug-likeness (QED) is 0.751. The van der Waals surface area contributed by atoms with Crippen molar-refractivity contribution in [1.82, 2.24) is 3.97 Å². The highest BCUT2D eigenvalue weighted by molar-refractivity contribution is 7.90. The topological polar surface area (TPSA) is 51.1 Å².